The van der Waals surface area contributed by atoms with Crippen molar-refractivity contribution in [3.8, 4) is 11.8 Å². The highest BCUT2D eigenvalue weighted by Gasteiger charge is 2.22. The third-order valence-electron chi connectivity index (χ3n) is 4.08. The van der Waals surface area contributed by atoms with E-state index in [1.54, 1.807) is 42.9 Å². The largest absolute Gasteiger partial charge is 0.296 e. The Hall–Kier alpha value is -3.31. The van der Waals surface area contributed by atoms with E-state index in [9.17, 15) is 13.2 Å². The summed E-state index contributed by atoms with van der Waals surface area (Å²) in [5, 5.41) is 8.82. The van der Waals surface area contributed by atoms with Crippen LogP contribution < -0.4 is 10.3 Å². The second kappa shape index (κ2) is 6.54. The van der Waals surface area contributed by atoms with Gasteiger partial charge in [-0.3, -0.25) is 14.2 Å². The average Bonchev–Trinajstić information content (AvgIpc) is 2.85. The minimum atomic E-state index is -3.96. The van der Waals surface area contributed by atoms with Gasteiger partial charge in [0, 0.05) is 7.05 Å². The number of aromatic nitrogens is 2. The van der Waals surface area contributed by atoms with E-state index in [-0.39, 0.29) is 10.6 Å². The van der Waals surface area contributed by atoms with Crippen LogP contribution in [0, 0.1) is 18.3 Å². The van der Waals surface area contributed by atoms with Crippen LogP contribution in [0.3, 0.4) is 0 Å². The zero-order valence-electron chi connectivity index (χ0n) is 14.2. The fourth-order valence-corrected chi connectivity index (χ4v) is 3.70. The van der Waals surface area contributed by atoms with Crippen molar-refractivity contribution >= 4 is 15.7 Å². The molecule has 0 unspecified atom stereocenters. The summed E-state index contributed by atoms with van der Waals surface area (Å²) in [5.74, 6) is 0. The lowest BCUT2D eigenvalue weighted by atomic mass is 10.2. The number of anilines is 1. The van der Waals surface area contributed by atoms with Gasteiger partial charge >= 0.3 is 0 Å². The first-order valence-corrected chi connectivity index (χ1v) is 9.20. The van der Waals surface area contributed by atoms with Crippen LogP contribution in [-0.4, -0.2) is 17.8 Å². The molecule has 0 fully saturated rings. The zero-order valence-corrected chi connectivity index (χ0v) is 15.0. The average molecular weight is 368 g/mol. The van der Waals surface area contributed by atoms with Crippen LogP contribution >= 0.6 is 0 Å². The third-order valence-corrected chi connectivity index (χ3v) is 5.45. The van der Waals surface area contributed by atoms with E-state index in [0.717, 1.165) is 0 Å². The summed E-state index contributed by atoms with van der Waals surface area (Å²) < 4.78 is 30.6. The number of nitrogens with one attached hydrogen (secondary N) is 1. The Labute approximate surface area is 150 Å². The molecule has 0 saturated heterocycles. The molecule has 0 radical (unpaired) electrons. The SMILES string of the molecule is Cc1c(NS(=O)(=O)c2ccc(C#N)cc2)c(=O)n(-c2ccccc2)n1C. The van der Waals surface area contributed by atoms with Crippen molar-refractivity contribution in [3.05, 3.63) is 76.2 Å². The fourth-order valence-electron chi connectivity index (χ4n) is 2.59. The first-order valence-electron chi connectivity index (χ1n) is 7.72. The molecule has 3 aromatic rings. The van der Waals surface area contributed by atoms with Crippen molar-refractivity contribution in [2.24, 2.45) is 7.05 Å². The normalized spacial score (nSPS) is 11.1. The molecule has 3 rings (SSSR count). The molecule has 0 saturated carbocycles. The van der Waals surface area contributed by atoms with E-state index in [2.05, 4.69) is 4.72 Å². The molecule has 1 heterocycles. The summed E-state index contributed by atoms with van der Waals surface area (Å²) in [6.45, 7) is 1.66. The number of rotatable bonds is 4. The lowest BCUT2D eigenvalue weighted by molar-refractivity contribution is 0.601. The molecule has 0 aliphatic carbocycles. The van der Waals surface area contributed by atoms with Crippen molar-refractivity contribution in [2.75, 3.05) is 4.72 Å². The summed E-state index contributed by atoms with van der Waals surface area (Å²) in [6, 6.07) is 16.4. The lowest BCUT2D eigenvalue weighted by Crippen LogP contribution is -2.23. The van der Waals surface area contributed by atoms with Gasteiger partial charge in [-0.25, -0.2) is 13.1 Å². The van der Waals surface area contributed by atoms with Gasteiger partial charge in [0.15, 0.2) is 0 Å². The van der Waals surface area contributed by atoms with Crippen LogP contribution in [0.2, 0.25) is 0 Å². The molecule has 0 atom stereocenters. The van der Waals surface area contributed by atoms with Gasteiger partial charge in [-0.2, -0.15) is 5.26 Å². The Morgan fingerprint density at radius 1 is 1.04 bits per heavy atom. The van der Waals surface area contributed by atoms with Gasteiger partial charge in [-0.15, -0.1) is 0 Å². The van der Waals surface area contributed by atoms with E-state index in [1.165, 1.54) is 28.9 Å². The van der Waals surface area contributed by atoms with Crippen LogP contribution in [0.25, 0.3) is 5.69 Å². The Balaban J connectivity index is 2.05. The van der Waals surface area contributed by atoms with Crippen molar-refractivity contribution in [1.82, 2.24) is 9.36 Å². The van der Waals surface area contributed by atoms with Gasteiger partial charge < -0.3 is 0 Å². The van der Waals surface area contributed by atoms with Gasteiger partial charge in [0.25, 0.3) is 15.6 Å². The molecule has 0 bridgehead atoms. The molecule has 2 aromatic carbocycles. The number of hydrogen-bond acceptors (Lipinski definition) is 4. The standard InChI is InChI=1S/C18H16N4O3S/c1-13-17(18(23)22(21(13)2)15-6-4-3-5-7-15)20-26(24,25)16-10-8-14(12-19)9-11-16/h3-11,20H,1-2H3. The zero-order chi connectivity index (χ0) is 18.9. The van der Waals surface area contributed by atoms with Crippen molar-refractivity contribution in [1.29, 1.82) is 5.26 Å². The van der Waals surface area contributed by atoms with E-state index in [4.69, 9.17) is 5.26 Å². The molecule has 1 aromatic heterocycles. The summed E-state index contributed by atoms with van der Waals surface area (Å²) >= 11 is 0. The molecular formula is C18H16N4O3S. The summed E-state index contributed by atoms with van der Waals surface area (Å²) in [6.07, 6.45) is 0. The maximum absolute atomic E-state index is 12.8. The number of nitriles is 1. The summed E-state index contributed by atoms with van der Waals surface area (Å²) in [5.41, 5.74) is 0.989. The molecule has 0 aliphatic rings. The molecule has 1 N–H and O–H groups in total. The second-order valence-electron chi connectivity index (χ2n) is 5.68. The molecule has 0 aliphatic heterocycles. The number of nitrogens with zero attached hydrogens (tertiary/aromatic N) is 3. The first kappa shape index (κ1) is 17.5. The molecule has 26 heavy (non-hydrogen) atoms. The maximum Gasteiger partial charge on any atom is 0.296 e. The Bertz CT molecular complexity index is 1150. The van der Waals surface area contributed by atoms with Crippen LogP contribution in [0.4, 0.5) is 5.69 Å². The predicted octanol–water partition coefficient (Wildman–Crippen LogP) is 2.16. The minimum Gasteiger partial charge on any atom is -0.283 e. The Kier molecular flexibility index (Phi) is 4.40. The second-order valence-corrected chi connectivity index (χ2v) is 7.36. The first-order chi connectivity index (χ1) is 12.3. The molecule has 7 nitrogen and oxygen atoms in total. The van der Waals surface area contributed by atoms with Crippen LogP contribution in [0.5, 0.6) is 0 Å². The van der Waals surface area contributed by atoms with E-state index < -0.39 is 15.6 Å². The fraction of sp³-hybridized carbons (Fsp3) is 0.111. The molecular weight excluding hydrogens is 352 g/mol. The van der Waals surface area contributed by atoms with Gasteiger partial charge in [0.05, 0.1) is 27.9 Å². The molecule has 0 spiro atoms. The Morgan fingerprint density at radius 2 is 1.65 bits per heavy atom. The lowest BCUT2D eigenvalue weighted by Gasteiger charge is -2.07. The third kappa shape index (κ3) is 3.00. The summed E-state index contributed by atoms with van der Waals surface area (Å²) in [4.78, 5) is 12.8. The number of benzene rings is 2. The maximum atomic E-state index is 12.8. The highest BCUT2D eigenvalue weighted by Crippen LogP contribution is 2.19. The van der Waals surface area contributed by atoms with Crippen molar-refractivity contribution < 1.29 is 8.42 Å². The molecule has 8 heteroatoms. The Morgan fingerprint density at radius 3 is 2.23 bits per heavy atom. The smallest absolute Gasteiger partial charge is 0.283 e. The van der Waals surface area contributed by atoms with E-state index in [1.807, 2.05) is 12.1 Å². The van der Waals surface area contributed by atoms with E-state index in [0.29, 0.717) is 16.9 Å². The quantitative estimate of drug-likeness (QED) is 0.763. The minimum absolute atomic E-state index is 0.0132. The number of hydrogen-bond donors (Lipinski definition) is 1. The molecule has 132 valence electrons. The van der Waals surface area contributed by atoms with Gasteiger partial charge in [0.2, 0.25) is 0 Å². The van der Waals surface area contributed by atoms with Crippen molar-refractivity contribution in [2.45, 2.75) is 11.8 Å². The summed E-state index contributed by atoms with van der Waals surface area (Å²) in [7, 11) is -2.27. The number of sulfonamides is 1. The van der Waals surface area contributed by atoms with Gasteiger partial charge in [-0.05, 0) is 43.3 Å². The van der Waals surface area contributed by atoms with Crippen LogP contribution in [0.15, 0.2) is 64.3 Å². The topological polar surface area (TPSA) is 96.9 Å². The van der Waals surface area contributed by atoms with Crippen LogP contribution in [0.1, 0.15) is 11.3 Å². The predicted molar refractivity (Wildman–Crippen MR) is 97.7 cm³/mol. The van der Waals surface area contributed by atoms with Crippen molar-refractivity contribution in [3.63, 3.8) is 0 Å². The van der Waals surface area contributed by atoms with Gasteiger partial charge in [0.1, 0.15) is 5.69 Å². The highest BCUT2D eigenvalue weighted by atomic mass is 32.2. The monoisotopic (exact) mass is 368 g/mol. The van der Waals surface area contributed by atoms with Gasteiger partial charge in [-0.1, -0.05) is 18.2 Å². The molecule has 0 amide bonds. The number of para-hydroxylation sites is 1. The van der Waals surface area contributed by atoms with Crippen LogP contribution in [-0.2, 0) is 17.1 Å². The van der Waals surface area contributed by atoms with E-state index >= 15 is 0 Å². The highest BCUT2D eigenvalue weighted by molar-refractivity contribution is 7.92.